The normalized spacial score (nSPS) is 18.8. The van der Waals surface area contributed by atoms with Crippen molar-refractivity contribution in [3.63, 3.8) is 0 Å². The van der Waals surface area contributed by atoms with Gasteiger partial charge >= 0.3 is 0 Å². The Morgan fingerprint density at radius 3 is 2.85 bits per heavy atom. The smallest absolute Gasteiger partial charge is 0.272 e. The van der Waals surface area contributed by atoms with Gasteiger partial charge in [0.15, 0.2) is 0 Å². The predicted octanol–water partition coefficient (Wildman–Crippen LogP) is 2.66. The second-order valence-corrected chi connectivity index (χ2v) is 7.61. The Kier molecular flexibility index (Phi) is 3.82. The fraction of sp³-hybridized carbons (Fsp3) is 0.429. The largest absolute Gasteiger partial charge is 0.357 e. The number of aromatic amines is 1. The number of piperidine rings is 1. The molecule has 1 spiro atoms. The second kappa shape index (κ2) is 6.23. The minimum absolute atomic E-state index is 0.0472. The number of carbonyl (C=O) groups is 1. The van der Waals surface area contributed by atoms with Gasteiger partial charge in [0.05, 0.1) is 5.54 Å². The van der Waals surface area contributed by atoms with E-state index >= 15 is 0 Å². The number of nitrogens with zero attached hydrogens (tertiary/aromatic N) is 3. The number of para-hydroxylation sites is 1. The number of H-pyrrole nitrogens is 1. The second-order valence-electron chi connectivity index (χ2n) is 7.61. The van der Waals surface area contributed by atoms with Gasteiger partial charge in [0.1, 0.15) is 5.69 Å². The van der Waals surface area contributed by atoms with Crippen LogP contribution >= 0.6 is 0 Å². The number of amides is 1. The molecular weight excluding hydrogens is 338 g/mol. The summed E-state index contributed by atoms with van der Waals surface area (Å²) < 4.78 is 1.78. The molecule has 1 saturated heterocycles. The lowest BCUT2D eigenvalue weighted by Gasteiger charge is -2.44. The molecule has 2 aromatic heterocycles. The third kappa shape index (κ3) is 2.51. The van der Waals surface area contributed by atoms with Crippen LogP contribution in [-0.4, -0.2) is 45.2 Å². The Labute approximate surface area is 158 Å². The lowest BCUT2D eigenvalue weighted by atomic mass is 9.79. The third-order valence-corrected chi connectivity index (χ3v) is 6.27. The van der Waals surface area contributed by atoms with Crippen LogP contribution < -0.4 is 5.32 Å². The minimum atomic E-state index is -0.0472. The van der Waals surface area contributed by atoms with Gasteiger partial charge in [-0.25, -0.2) is 0 Å². The monoisotopic (exact) mass is 363 g/mol. The van der Waals surface area contributed by atoms with E-state index in [1.807, 2.05) is 17.9 Å². The molecular formula is C21H25N5O. The summed E-state index contributed by atoms with van der Waals surface area (Å²) in [6.45, 7) is 5.24. The summed E-state index contributed by atoms with van der Waals surface area (Å²) in [6, 6.07) is 10.4. The van der Waals surface area contributed by atoms with Crippen molar-refractivity contribution < 1.29 is 4.79 Å². The highest BCUT2D eigenvalue weighted by Gasteiger charge is 2.42. The maximum atomic E-state index is 12.9. The maximum Gasteiger partial charge on any atom is 0.272 e. The van der Waals surface area contributed by atoms with E-state index in [-0.39, 0.29) is 11.4 Å². The third-order valence-electron chi connectivity index (χ3n) is 6.27. The minimum Gasteiger partial charge on any atom is -0.357 e. The van der Waals surface area contributed by atoms with Crippen molar-refractivity contribution in [2.24, 2.45) is 0 Å². The van der Waals surface area contributed by atoms with Gasteiger partial charge in [0, 0.05) is 49.0 Å². The summed E-state index contributed by atoms with van der Waals surface area (Å²) in [5.41, 5.74) is 4.65. The van der Waals surface area contributed by atoms with Gasteiger partial charge < -0.3 is 15.2 Å². The van der Waals surface area contributed by atoms with Gasteiger partial charge in [-0.15, -0.1) is 0 Å². The number of hydrogen-bond acceptors (Lipinski definition) is 3. The first-order chi connectivity index (χ1) is 13.2. The molecule has 0 unspecified atom stereocenters. The lowest BCUT2D eigenvalue weighted by Crippen LogP contribution is -2.55. The molecule has 3 aromatic rings. The summed E-state index contributed by atoms with van der Waals surface area (Å²) in [6.07, 6.45) is 4.62. The maximum absolute atomic E-state index is 12.9. The van der Waals surface area contributed by atoms with E-state index in [0.29, 0.717) is 12.2 Å². The van der Waals surface area contributed by atoms with Crippen LogP contribution in [-0.2, 0) is 18.5 Å². The number of aryl methyl sites for hydroxylation is 1. The van der Waals surface area contributed by atoms with Crippen LogP contribution in [0.25, 0.3) is 10.9 Å². The molecule has 0 saturated carbocycles. The SMILES string of the molecule is CCn1nccc1C(=O)N1CCC2(CC1)NCCc1c2[nH]c2ccccc12. The zero-order chi connectivity index (χ0) is 18.4. The van der Waals surface area contributed by atoms with Gasteiger partial charge in [-0.3, -0.25) is 9.48 Å². The number of benzene rings is 1. The molecule has 4 heterocycles. The van der Waals surface area contributed by atoms with E-state index in [0.717, 1.165) is 38.9 Å². The fourth-order valence-electron chi connectivity index (χ4n) is 4.83. The fourth-order valence-corrected chi connectivity index (χ4v) is 4.83. The highest BCUT2D eigenvalue weighted by Crippen LogP contribution is 2.40. The number of hydrogen-bond donors (Lipinski definition) is 2. The molecule has 140 valence electrons. The topological polar surface area (TPSA) is 66.0 Å². The van der Waals surface area contributed by atoms with Crippen LogP contribution in [0.2, 0.25) is 0 Å². The predicted molar refractivity (Wildman–Crippen MR) is 105 cm³/mol. The van der Waals surface area contributed by atoms with Gasteiger partial charge in [0.2, 0.25) is 0 Å². The Balaban J connectivity index is 1.42. The average Bonchev–Trinajstić information content (AvgIpc) is 3.33. The number of carbonyl (C=O) groups excluding carboxylic acids is 1. The number of aromatic nitrogens is 3. The molecule has 6 heteroatoms. The summed E-state index contributed by atoms with van der Waals surface area (Å²) in [7, 11) is 0. The number of likely N-dealkylation sites (tertiary alicyclic amines) is 1. The van der Waals surface area contributed by atoms with Crippen molar-refractivity contribution in [1.82, 2.24) is 25.0 Å². The molecule has 5 rings (SSSR count). The van der Waals surface area contributed by atoms with Gasteiger partial charge in [-0.2, -0.15) is 5.10 Å². The van der Waals surface area contributed by atoms with E-state index in [1.165, 1.54) is 22.2 Å². The van der Waals surface area contributed by atoms with Gasteiger partial charge in [-0.1, -0.05) is 18.2 Å². The van der Waals surface area contributed by atoms with Crippen LogP contribution in [0.5, 0.6) is 0 Å². The molecule has 1 amide bonds. The van der Waals surface area contributed by atoms with Crippen LogP contribution in [0.3, 0.4) is 0 Å². The van der Waals surface area contributed by atoms with Crippen LogP contribution in [0.4, 0.5) is 0 Å². The Morgan fingerprint density at radius 1 is 1.22 bits per heavy atom. The number of nitrogens with one attached hydrogen (secondary N) is 2. The Hall–Kier alpha value is -2.60. The van der Waals surface area contributed by atoms with Crippen molar-refractivity contribution in [2.75, 3.05) is 19.6 Å². The van der Waals surface area contributed by atoms with Crippen molar-refractivity contribution in [3.05, 3.63) is 53.5 Å². The molecule has 2 aliphatic rings. The highest BCUT2D eigenvalue weighted by molar-refractivity contribution is 5.92. The molecule has 0 aliphatic carbocycles. The molecule has 1 aromatic carbocycles. The quantitative estimate of drug-likeness (QED) is 0.736. The summed E-state index contributed by atoms with van der Waals surface area (Å²) in [5.74, 6) is 0.0943. The molecule has 2 N–H and O–H groups in total. The van der Waals surface area contributed by atoms with Crippen molar-refractivity contribution in [1.29, 1.82) is 0 Å². The summed E-state index contributed by atoms with van der Waals surface area (Å²) in [5, 5.41) is 9.37. The lowest BCUT2D eigenvalue weighted by molar-refractivity contribution is 0.0614. The zero-order valence-electron chi connectivity index (χ0n) is 15.7. The van der Waals surface area contributed by atoms with Crippen LogP contribution in [0.15, 0.2) is 36.5 Å². The van der Waals surface area contributed by atoms with Crippen molar-refractivity contribution in [2.45, 2.75) is 38.3 Å². The first kappa shape index (κ1) is 16.6. The molecule has 0 bridgehead atoms. The van der Waals surface area contributed by atoms with E-state index < -0.39 is 0 Å². The standard InChI is InChI=1S/C21H25N5O/c1-2-26-18(8-12-23-26)20(27)25-13-9-21(10-14-25)19-16(7-11-22-21)15-5-3-4-6-17(15)24-19/h3-6,8,12,22,24H,2,7,9-11,13-14H2,1H3. The van der Waals surface area contributed by atoms with Gasteiger partial charge in [-0.05, 0) is 43.9 Å². The van der Waals surface area contributed by atoms with Crippen molar-refractivity contribution in [3.8, 4) is 0 Å². The summed E-state index contributed by atoms with van der Waals surface area (Å²) >= 11 is 0. The van der Waals surface area contributed by atoms with Crippen LogP contribution in [0, 0.1) is 0 Å². The van der Waals surface area contributed by atoms with Crippen molar-refractivity contribution >= 4 is 16.8 Å². The van der Waals surface area contributed by atoms with Crippen LogP contribution in [0.1, 0.15) is 41.5 Å². The Morgan fingerprint density at radius 2 is 2.04 bits per heavy atom. The number of rotatable bonds is 2. The van der Waals surface area contributed by atoms with E-state index in [2.05, 4.69) is 39.7 Å². The molecule has 0 radical (unpaired) electrons. The molecule has 0 atom stereocenters. The zero-order valence-corrected chi connectivity index (χ0v) is 15.7. The Bertz CT molecular complexity index is 993. The first-order valence-electron chi connectivity index (χ1n) is 9.88. The molecule has 6 nitrogen and oxygen atoms in total. The van der Waals surface area contributed by atoms with E-state index in [9.17, 15) is 4.79 Å². The average molecular weight is 363 g/mol. The number of fused-ring (bicyclic) bond motifs is 4. The van der Waals surface area contributed by atoms with E-state index in [4.69, 9.17) is 0 Å². The highest BCUT2D eigenvalue weighted by atomic mass is 16.2. The molecule has 2 aliphatic heterocycles. The van der Waals surface area contributed by atoms with Gasteiger partial charge in [0.25, 0.3) is 5.91 Å². The van der Waals surface area contributed by atoms with E-state index in [1.54, 1.807) is 10.9 Å². The molecule has 1 fully saturated rings. The molecule has 27 heavy (non-hydrogen) atoms. The summed E-state index contributed by atoms with van der Waals surface area (Å²) in [4.78, 5) is 18.6. The first-order valence-corrected chi connectivity index (χ1v) is 9.88.